The van der Waals surface area contributed by atoms with Gasteiger partial charge in [0, 0.05) is 12.3 Å². The van der Waals surface area contributed by atoms with Crippen LogP contribution in [-0.4, -0.2) is 30.4 Å². The molecule has 8 heteroatoms. The van der Waals surface area contributed by atoms with Crippen LogP contribution >= 0.6 is 11.6 Å². The van der Waals surface area contributed by atoms with Gasteiger partial charge in [-0.05, 0) is 31.5 Å². The molecule has 1 aromatic carbocycles. The number of halogens is 1. The number of aromatic nitrogens is 2. The molecule has 0 radical (unpaired) electrons. The minimum atomic E-state index is -3.42. The van der Waals surface area contributed by atoms with Gasteiger partial charge < -0.3 is 5.32 Å². The van der Waals surface area contributed by atoms with E-state index >= 15 is 0 Å². The number of sulfone groups is 1. The number of nitrogens with zero attached hydrogens (tertiary/aromatic N) is 2. The van der Waals surface area contributed by atoms with Crippen LogP contribution in [0.2, 0.25) is 5.02 Å². The number of carbonyl (C=O) groups is 1. The average Bonchev–Trinajstić information content (AvgIpc) is 2.93. The Kier molecular flexibility index (Phi) is 5.11. The van der Waals surface area contributed by atoms with Crippen molar-refractivity contribution in [2.75, 3.05) is 11.6 Å². The maximum Gasteiger partial charge on any atom is 0.258 e. The van der Waals surface area contributed by atoms with Crippen molar-refractivity contribution in [3.05, 3.63) is 41.0 Å². The van der Waals surface area contributed by atoms with Gasteiger partial charge in [0.25, 0.3) is 5.91 Å². The second-order valence-electron chi connectivity index (χ2n) is 5.29. The highest BCUT2D eigenvalue weighted by molar-refractivity contribution is 7.90. The fourth-order valence-electron chi connectivity index (χ4n) is 2.03. The topological polar surface area (TPSA) is 81.1 Å². The quantitative estimate of drug-likeness (QED) is 0.893. The van der Waals surface area contributed by atoms with Gasteiger partial charge in [0.2, 0.25) is 0 Å². The molecular weight excluding hydrogens is 338 g/mol. The molecule has 1 unspecified atom stereocenters. The summed E-state index contributed by atoms with van der Waals surface area (Å²) in [6.45, 7) is 4.00. The summed E-state index contributed by atoms with van der Waals surface area (Å²) in [5.41, 5.74) is 0.103. The Labute approximate surface area is 140 Å². The molecule has 2 aromatic rings. The van der Waals surface area contributed by atoms with E-state index in [1.165, 1.54) is 18.2 Å². The van der Waals surface area contributed by atoms with Crippen LogP contribution in [0.5, 0.6) is 0 Å². The van der Waals surface area contributed by atoms with Crippen molar-refractivity contribution >= 4 is 33.2 Å². The molecule has 0 aliphatic rings. The molecule has 1 N–H and O–H groups in total. The molecule has 1 heterocycles. The lowest BCUT2D eigenvalue weighted by molar-refractivity contribution is 0.102. The van der Waals surface area contributed by atoms with E-state index in [2.05, 4.69) is 10.4 Å². The molecule has 0 aliphatic heterocycles. The molecule has 0 bridgehead atoms. The third-order valence-corrected chi connectivity index (χ3v) is 4.97. The first-order valence-corrected chi connectivity index (χ1v) is 9.35. The summed E-state index contributed by atoms with van der Waals surface area (Å²) in [4.78, 5) is 12.5. The molecule has 0 saturated carbocycles. The van der Waals surface area contributed by atoms with Gasteiger partial charge in [-0.3, -0.25) is 4.79 Å². The summed E-state index contributed by atoms with van der Waals surface area (Å²) >= 11 is 6.03. The van der Waals surface area contributed by atoms with Crippen molar-refractivity contribution in [1.82, 2.24) is 9.78 Å². The van der Waals surface area contributed by atoms with E-state index < -0.39 is 15.7 Å². The van der Waals surface area contributed by atoms with E-state index in [-0.39, 0.29) is 21.5 Å². The Morgan fingerprint density at radius 1 is 1.39 bits per heavy atom. The minimum absolute atomic E-state index is 0.0440. The molecule has 0 aliphatic carbocycles. The Balaban J connectivity index is 2.34. The van der Waals surface area contributed by atoms with Crippen molar-refractivity contribution in [3.8, 4) is 0 Å². The van der Waals surface area contributed by atoms with Crippen LogP contribution < -0.4 is 5.32 Å². The zero-order chi connectivity index (χ0) is 17.2. The summed E-state index contributed by atoms with van der Waals surface area (Å²) in [6.07, 6.45) is 3.53. The van der Waals surface area contributed by atoms with Gasteiger partial charge in [-0.25, -0.2) is 13.1 Å². The number of hydrogen-bond donors (Lipinski definition) is 1. The van der Waals surface area contributed by atoms with E-state index in [9.17, 15) is 13.2 Å². The van der Waals surface area contributed by atoms with Crippen molar-refractivity contribution in [2.45, 2.75) is 31.2 Å². The largest absolute Gasteiger partial charge is 0.307 e. The lowest BCUT2D eigenvalue weighted by Gasteiger charge is -2.14. The van der Waals surface area contributed by atoms with E-state index in [1.807, 2.05) is 13.8 Å². The number of rotatable bonds is 5. The monoisotopic (exact) mass is 355 g/mol. The number of nitrogens with one attached hydrogen (secondary N) is 1. The van der Waals surface area contributed by atoms with Crippen LogP contribution in [0.15, 0.2) is 35.4 Å². The first-order valence-electron chi connectivity index (χ1n) is 7.08. The molecule has 2 rings (SSSR count). The standard InChI is InChI=1S/C15H18ClN3O3S/c1-4-10(2)19-14(7-8-17-19)18-15(20)12-9-11(23(3,21)22)5-6-13(12)16/h5-10H,4H2,1-3H3,(H,18,20). The van der Waals surface area contributed by atoms with Gasteiger partial charge in [0.05, 0.1) is 27.7 Å². The predicted molar refractivity (Wildman–Crippen MR) is 89.7 cm³/mol. The summed E-state index contributed by atoms with van der Waals surface area (Å²) in [5, 5.41) is 7.09. The van der Waals surface area contributed by atoms with Gasteiger partial charge >= 0.3 is 0 Å². The number of benzene rings is 1. The van der Waals surface area contributed by atoms with Crippen LogP contribution in [0, 0.1) is 0 Å². The van der Waals surface area contributed by atoms with E-state index in [1.54, 1.807) is 16.9 Å². The summed E-state index contributed by atoms with van der Waals surface area (Å²) in [7, 11) is -3.42. The first-order chi connectivity index (χ1) is 10.7. The van der Waals surface area contributed by atoms with Crippen LogP contribution in [-0.2, 0) is 9.84 Å². The molecule has 0 spiro atoms. The van der Waals surface area contributed by atoms with Gasteiger partial charge in [0.15, 0.2) is 9.84 Å². The van der Waals surface area contributed by atoms with Crippen molar-refractivity contribution in [2.24, 2.45) is 0 Å². The second kappa shape index (κ2) is 6.72. The molecule has 0 saturated heterocycles. The van der Waals surface area contributed by atoms with Crippen LogP contribution in [0.25, 0.3) is 0 Å². The van der Waals surface area contributed by atoms with E-state index in [0.717, 1.165) is 12.7 Å². The average molecular weight is 356 g/mol. The maximum atomic E-state index is 12.4. The molecule has 1 amide bonds. The third kappa shape index (κ3) is 3.92. The second-order valence-corrected chi connectivity index (χ2v) is 7.71. The fraction of sp³-hybridized carbons (Fsp3) is 0.333. The zero-order valence-corrected chi connectivity index (χ0v) is 14.6. The third-order valence-electron chi connectivity index (χ3n) is 3.53. The van der Waals surface area contributed by atoms with Crippen LogP contribution in [0.1, 0.15) is 36.7 Å². The molecule has 0 fully saturated rings. The smallest absolute Gasteiger partial charge is 0.258 e. The van der Waals surface area contributed by atoms with Crippen LogP contribution in [0.3, 0.4) is 0 Å². The zero-order valence-electron chi connectivity index (χ0n) is 13.1. The number of anilines is 1. The van der Waals surface area contributed by atoms with E-state index in [0.29, 0.717) is 5.82 Å². The van der Waals surface area contributed by atoms with Crippen molar-refractivity contribution < 1.29 is 13.2 Å². The normalized spacial score (nSPS) is 12.9. The highest BCUT2D eigenvalue weighted by Gasteiger charge is 2.17. The number of carbonyl (C=O) groups excluding carboxylic acids is 1. The fourth-order valence-corrected chi connectivity index (χ4v) is 2.88. The molecule has 23 heavy (non-hydrogen) atoms. The summed E-state index contributed by atoms with van der Waals surface area (Å²) < 4.78 is 25.0. The molecule has 124 valence electrons. The Morgan fingerprint density at radius 3 is 2.70 bits per heavy atom. The SMILES string of the molecule is CCC(C)n1nccc1NC(=O)c1cc(S(C)(=O)=O)ccc1Cl. The van der Waals surface area contributed by atoms with Crippen LogP contribution in [0.4, 0.5) is 5.82 Å². The molecular formula is C15H18ClN3O3S. The Hall–Kier alpha value is -1.86. The lowest BCUT2D eigenvalue weighted by Crippen LogP contribution is -2.18. The minimum Gasteiger partial charge on any atom is -0.307 e. The van der Waals surface area contributed by atoms with Gasteiger partial charge in [-0.15, -0.1) is 0 Å². The van der Waals surface area contributed by atoms with Gasteiger partial charge in [0.1, 0.15) is 5.82 Å². The summed E-state index contributed by atoms with van der Waals surface area (Å²) in [6, 6.07) is 5.85. The highest BCUT2D eigenvalue weighted by atomic mass is 35.5. The molecule has 6 nitrogen and oxygen atoms in total. The predicted octanol–water partition coefficient (Wildman–Crippen LogP) is 3.16. The van der Waals surface area contributed by atoms with Gasteiger partial charge in [-0.2, -0.15) is 5.10 Å². The molecule has 1 aromatic heterocycles. The highest BCUT2D eigenvalue weighted by Crippen LogP contribution is 2.23. The first kappa shape index (κ1) is 17.5. The molecule has 1 atom stereocenters. The lowest BCUT2D eigenvalue weighted by atomic mass is 10.2. The Bertz CT molecular complexity index is 830. The van der Waals surface area contributed by atoms with Crippen molar-refractivity contribution in [3.63, 3.8) is 0 Å². The number of amides is 1. The van der Waals surface area contributed by atoms with E-state index in [4.69, 9.17) is 11.6 Å². The summed E-state index contributed by atoms with van der Waals surface area (Å²) in [5.74, 6) is 0.0516. The number of hydrogen-bond acceptors (Lipinski definition) is 4. The van der Waals surface area contributed by atoms with Crippen molar-refractivity contribution in [1.29, 1.82) is 0 Å². The maximum absolute atomic E-state index is 12.4. The van der Waals surface area contributed by atoms with Gasteiger partial charge in [-0.1, -0.05) is 18.5 Å². The Morgan fingerprint density at radius 2 is 2.09 bits per heavy atom.